The van der Waals surface area contributed by atoms with Gasteiger partial charge in [0.2, 0.25) is 0 Å². The first kappa shape index (κ1) is 22.0. The van der Waals surface area contributed by atoms with E-state index in [0.717, 1.165) is 59.5 Å². The van der Waals surface area contributed by atoms with Crippen molar-refractivity contribution in [3.05, 3.63) is 83.4 Å². The maximum absolute atomic E-state index is 13.3. The third-order valence-electron chi connectivity index (χ3n) is 6.09. The third-order valence-corrected chi connectivity index (χ3v) is 6.09. The van der Waals surface area contributed by atoms with Crippen LogP contribution in [0.4, 0.5) is 5.82 Å². The average molecular weight is 457 g/mol. The molecule has 174 valence electrons. The van der Waals surface area contributed by atoms with Crippen molar-refractivity contribution in [3.8, 4) is 0 Å². The highest BCUT2D eigenvalue weighted by atomic mass is 16.5. The number of hydrogen-bond acceptors (Lipinski definition) is 6. The Kier molecular flexibility index (Phi) is 6.22. The normalized spacial score (nSPS) is 15.2. The molecular formula is C26H28N6O2. The Bertz CT molecular complexity index is 1310. The number of pyridine rings is 2. The van der Waals surface area contributed by atoms with Crippen LogP contribution in [-0.2, 0) is 11.8 Å². The Balaban J connectivity index is 1.40. The fourth-order valence-electron chi connectivity index (χ4n) is 4.28. The Morgan fingerprint density at radius 3 is 2.74 bits per heavy atom. The molecule has 1 aliphatic rings. The zero-order valence-electron chi connectivity index (χ0n) is 19.4. The molecule has 0 bridgehead atoms. The van der Waals surface area contributed by atoms with Crippen LogP contribution < -0.4 is 10.6 Å². The van der Waals surface area contributed by atoms with E-state index in [1.807, 2.05) is 50.5 Å². The Labute approximate surface area is 198 Å². The third kappa shape index (κ3) is 4.92. The number of aryl methyl sites for hydroxylation is 2. The van der Waals surface area contributed by atoms with Crippen molar-refractivity contribution >= 4 is 22.6 Å². The average Bonchev–Trinajstić information content (AvgIpc) is 3.28. The Hall–Kier alpha value is -3.78. The number of benzene rings is 1. The molecule has 8 heteroatoms. The van der Waals surface area contributed by atoms with Gasteiger partial charge in [0.25, 0.3) is 5.91 Å². The minimum Gasteiger partial charge on any atom is -0.381 e. The lowest BCUT2D eigenvalue weighted by molar-refractivity contribution is 0.0903. The largest absolute Gasteiger partial charge is 0.381 e. The molecule has 2 N–H and O–H groups in total. The molecule has 0 spiro atoms. The van der Waals surface area contributed by atoms with Gasteiger partial charge in [0.05, 0.1) is 17.8 Å². The predicted octanol–water partition coefficient (Wildman–Crippen LogP) is 3.78. The van der Waals surface area contributed by atoms with Crippen LogP contribution >= 0.6 is 0 Å². The van der Waals surface area contributed by atoms with E-state index in [-0.39, 0.29) is 11.9 Å². The van der Waals surface area contributed by atoms with E-state index in [1.54, 1.807) is 23.1 Å². The van der Waals surface area contributed by atoms with Gasteiger partial charge in [-0.25, -0.2) is 9.97 Å². The molecule has 34 heavy (non-hydrogen) atoms. The minimum absolute atomic E-state index is 0.243. The quantitative estimate of drug-likeness (QED) is 0.459. The van der Waals surface area contributed by atoms with E-state index in [1.165, 1.54) is 0 Å². The lowest BCUT2D eigenvalue weighted by Gasteiger charge is -2.23. The SMILES string of the molecule is Cc1cccc([C@H](NC(=O)c2ccc3cnc(NC4CCOCC4)cc3n2)c2cnn(C)c2)c1. The fraction of sp³-hybridized carbons (Fsp3) is 0.308. The molecule has 1 fully saturated rings. The van der Waals surface area contributed by atoms with E-state index in [4.69, 9.17) is 4.74 Å². The highest BCUT2D eigenvalue weighted by molar-refractivity contribution is 5.95. The van der Waals surface area contributed by atoms with Gasteiger partial charge in [-0.15, -0.1) is 0 Å². The van der Waals surface area contributed by atoms with E-state index in [0.29, 0.717) is 11.7 Å². The Morgan fingerprint density at radius 1 is 1.12 bits per heavy atom. The van der Waals surface area contributed by atoms with Crippen LogP contribution in [-0.4, -0.2) is 44.9 Å². The molecule has 5 rings (SSSR count). The van der Waals surface area contributed by atoms with Crippen molar-refractivity contribution < 1.29 is 9.53 Å². The number of nitrogens with one attached hydrogen (secondary N) is 2. The molecule has 0 saturated carbocycles. The summed E-state index contributed by atoms with van der Waals surface area (Å²) in [5, 5.41) is 11.8. The van der Waals surface area contributed by atoms with Gasteiger partial charge in [-0.05, 0) is 37.5 Å². The van der Waals surface area contributed by atoms with Crippen molar-refractivity contribution in [1.82, 2.24) is 25.1 Å². The predicted molar refractivity (Wildman–Crippen MR) is 131 cm³/mol. The lowest BCUT2D eigenvalue weighted by Crippen LogP contribution is -2.30. The number of hydrogen-bond donors (Lipinski definition) is 2. The van der Waals surface area contributed by atoms with E-state index >= 15 is 0 Å². The minimum atomic E-state index is -0.332. The number of fused-ring (bicyclic) bond motifs is 1. The van der Waals surface area contributed by atoms with Crippen LogP contribution in [0.3, 0.4) is 0 Å². The van der Waals surface area contributed by atoms with Gasteiger partial charge in [-0.1, -0.05) is 29.8 Å². The maximum Gasteiger partial charge on any atom is 0.270 e. The van der Waals surface area contributed by atoms with Crippen LogP contribution in [0.2, 0.25) is 0 Å². The summed E-state index contributed by atoms with van der Waals surface area (Å²) in [7, 11) is 1.86. The van der Waals surface area contributed by atoms with Crippen molar-refractivity contribution in [1.29, 1.82) is 0 Å². The first-order chi connectivity index (χ1) is 16.5. The highest BCUT2D eigenvalue weighted by Crippen LogP contribution is 2.24. The topological polar surface area (TPSA) is 94.0 Å². The summed E-state index contributed by atoms with van der Waals surface area (Å²) in [6.45, 7) is 3.55. The van der Waals surface area contributed by atoms with Gasteiger partial charge >= 0.3 is 0 Å². The molecule has 4 aromatic rings. The van der Waals surface area contributed by atoms with Crippen LogP contribution in [0.25, 0.3) is 10.9 Å². The zero-order chi connectivity index (χ0) is 23.5. The van der Waals surface area contributed by atoms with E-state index in [9.17, 15) is 4.79 Å². The monoisotopic (exact) mass is 456 g/mol. The standard InChI is InChI=1S/C26H28N6O2/c1-17-4-3-5-18(12-17)25(20-15-28-32(2)16-20)31-26(33)22-7-6-19-14-27-24(13-23(19)30-22)29-21-8-10-34-11-9-21/h3-7,12-16,21,25H,8-11H2,1-2H3,(H,27,29)(H,31,33)/t25-/m0/s1. The zero-order valence-corrected chi connectivity index (χ0v) is 19.4. The molecule has 0 aliphatic carbocycles. The molecule has 1 amide bonds. The summed E-state index contributed by atoms with van der Waals surface area (Å²) in [6.07, 6.45) is 7.38. The van der Waals surface area contributed by atoms with Crippen LogP contribution in [0.1, 0.15) is 46.1 Å². The van der Waals surface area contributed by atoms with Gasteiger partial charge in [-0.3, -0.25) is 9.48 Å². The molecule has 8 nitrogen and oxygen atoms in total. The molecule has 3 aromatic heterocycles. The maximum atomic E-state index is 13.3. The number of ether oxygens (including phenoxy) is 1. The van der Waals surface area contributed by atoms with E-state index in [2.05, 4.69) is 31.8 Å². The van der Waals surface area contributed by atoms with E-state index < -0.39 is 0 Å². The van der Waals surface area contributed by atoms with Crippen LogP contribution in [0, 0.1) is 6.92 Å². The first-order valence-electron chi connectivity index (χ1n) is 11.5. The number of anilines is 1. The number of amides is 1. The van der Waals surface area contributed by atoms with Crippen molar-refractivity contribution in [2.24, 2.45) is 7.05 Å². The number of rotatable bonds is 6. The Morgan fingerprint density at radius 2 is 1.97 bits per heavy atom. The fourth-order valence-corrected chi connectivity index (χ4v) is 4.28. The smallest absolute Gasteiger partial charge is 0.270 e. The summed E-state index contributed by atoms with van der Waals surface area (Å²) in [4.78, 5) is 22.5. The molecule has 0 unspecified atom stereocenters. The molecular weight excluding hydrogens is 428 g/mol. The summed E-state index contributed by atoms with van der Waals surface area (Å²) < 4.78 is 7.17. The second kappa shape index (κ2) is 9.61. The second-order valence-corrected chi connectivity index (χ2v) is 8.76. The van der Waals surface area contributed by atoms with Crippen LogP contribution in [0.15, 0.2) is 61.1 Å². The molecule has 4 heterocycles. The van der Waals surface area contributed by atoms with Gasteiger partial charge in [0.15, 0.2) is 0 Å². The molecule has 0 radical (unpaired) electrons. The number of nitrogens with zero attached hydrogens (tertiary/aromatic N) is 4. The van der Waals surface area contributed by atoms with Crippen LogP contribution in [0.5, 0.6) is 0 Å². The molecule has 1 aromatic carbocycles. The van der Waals surface area contributed by atoms with Gasteiger partial charge in [0, 0.05) is 55.7 Å². The van der Waals surface area contributed by atoms with Crippen molar-refractivity contribution in [2.75, 3.05) is 18.5 Å². The first-order valence-corrected chi connectivity index (χ1v) is 11.5. The number of carbonyl (C=O) groups excluding carboxylic acids is 1. The molecule has 1 saturated heterocycles. The number of aromatic nitrogens is 4. The second-order valence-electron chi connectivity index (χ2n) is 8.76. The molecule has 1 atom stereocenters. The summed E-state index contributed by atoms with van der Waals surface area (Å²) in [5.41, 5.74) is 4.12. The van der Waals surface area contributed by atoms with Crippen molar-refractivity contribution in [2.45, 2.75) is 31.8 Å². The van der Waals surface area contributed by atoms with Crippen molar-refractivity contribution in [3.63, 3.8) is 0 Å². The van der Waals surface area contributed by atoms with Gasteiger partial charge in [-0.2, -0.15) is 5.10 Å². The summed E-state index contributed by atoms with van der Waals surface area (Å²) >= 11 is 0. The lowest BCUT2D eigenvalue weighted by atomic mass is 9.99. The van der Waals surface area contributed by atoms with Gasteiger partial charge < -0.3 is 15.4 Å². The van der Waals surface area contributed by atoms with Gasteiger partial charge in [0.1, 0.15) is 11.5 Å². The number of carbonyl (C=O) groups is 1. The summed E-state index contributed by atoms with van der Waals surface area (Å²) in [5.74, 6) is 0.519. The molecule has 1 aliphatic heterocycles. The highest BCUT2D eigenvalue weighted by Gasteiger charge is 2.21. The summed E-state index contributed by atoms with van der Waals surface area (Å²) in [6, 6.07) is 13.6.